The normalized spacial score (nSPS) is 21.9. The van der Waals surface area contributed by atoms with Gasteiger partial charge in [-0.1, -0.05) is 0 Å². The lowest BCUT2D eigenvalue weighted by Gasteiger charge is -2.46. The van der Waals surface area contributed by atoms with Crippen LogP contribution in [0.5, 0.6) is 0 Å². The smallest absolute Gasteiger partial charge is 0.272 e. The van der Waals surface area contributed by atoms with Crippen molar-refractivity contribution < 1.29 is 4.79 Å². The molecule has 0 radical (unpaired) electrons. The zero-order chi connectivity index (χ0) is 12.5. The third-order valence-electron chi connectivity index (χ3n) is 3.86. The summed E-state index contributed by atoms with van der Waals surface area (Å²) in [6, 6.07) is 2.32. The van der Waals surface area contributed by atoms with Crippen LogP contribution in [0.4, 0.5) is 0 Å². The number of nitrogens with one attached hydrogen (secondary N) is 1. The monoisotopic (exact) mass is 249 g/mol. The van der Waals surface area contributed by atoms with Gasteiger partial charge in [-0.25, -0.2) is 0 Å². The number of carbonyl (C=O) groups is 1. The summed E-state index contributed by atoms with van der Waals surface area (Å²) in [5.74, 6) is 0.0985. The first-order valence-electron chi connectivity index (χ1n) is 6.48. The topological polar surface area (TPSA) is 53.4 Å². The van der Waals surface area contributed by atoms with E-state index in [-0.39, 0.29) is 5.91 Å². The molecule has 0 aliphatic carbocycles. The summed E-state index contributed by atoms with van der Waals surface area (Å²) in [6.45, 7) is 6.02. The Bertz CT molecular complexity index is 431. The lowest BCUT2D eigenvalue weighted by Crippen LogP contribution is -2.64. The van der Waals surface area contributed by atoms with Gasteiger partial charge in [0.15, 0.2) is 0 Å². The summed E-state index contributed by atoms with van der Waals surface area (Å²) in [4.78, 5) is 16.6. The zero-order valence-electron chi connectivity index (χ0n) is 10.7. The highest BCUT2D eigenvalue weighted by Crippen LogP contribution is 2.18. The number of carbonyl (C=O) groups excluding carboxylic acids is 1. The van der Waals surface area contributed by atoms with Gasteiger partial charge < -0.3 is 10.2 Å². The molecule has 3 rings (SSSR count). The van der Waals surface area contributed by atoms with Crippen LogP contribution in [0.2, 0.25) is 0 Å². The van der Waals surface area contributed by atoms with Crippen LogP contribution < -0.4 is 5.32 Å². The molecule has 0 unspecified atom stereocenters. The molecule has 2 fully saturated rings. The summed E-state index contributed by atoms with van der Waals surface area (Å²) in [6.07, 6.45) is 1.67. The van der Waals surface area contributed by atoms with E-state index in [9.17, 15) is 4.79 Å². The van der Waals surface area contributed by atoms with Gasteiger partial charge in [0.25, 0.3) is 5.91 Å². The largest absolute Gasteiger partial charge is 0.334 e. The average molecular weight is 249 g/mol. The van der Waals surface area contributed by atoms with E-state index in [4.69, 9.17) is 0 Å². The van der Waals surface area contributed by atoms with Crippen LogP contribution in [0, 0.1) is 0 Å². The molecule has 0 bridgehead atoms. The SMILES string of the molecule is Cn1nccc1C(=O)N1CC(N2CCNCC2)C1. The quantitative estimate of drug-likeness (QED) is 0.742. The maximum atomic E-state index is 12.2. The Hall–Kier alpha value is -1.40. The average Bonchev–Trinajstić information content (AvgIpc) is 2.75. The molecule has 6 nitrogen and oxygen atoms in total. The third-order valence-corrected chi connectivity index (χ3v) is 3.86. The minimum Gasteiger partial charge on any atom is -0.334 e. The van der Waals surface area contributed by atoms with E-state index < -0.39 is 0 Å². The molecule has 2 aliphatic rings. The second-order valence-electron chi connectivity index (χ2n) is 4.99. The summed E-state index contributed by atoms with van der Waals surface area (Å²) in [5, 5.41) is 7.39. The van der Waals surface area contributed by atoms with Crippen LogP contribution >= 0.6 is 0 Å². The Morgan fingerprint density at radius 1 is 1.39 bits per heavy atom. The number of rotatable bonds is 2. The molecule has 3 heterocycles. The van der Waals surface area contributed by atoms with Crippen LogP contribution in [-0.4, -0.2) is 70.8 Å². The van der Waals surface area contributed by atoms with Gasteiger partial charge in [0, 0.05) is 58.6 Å². The number of hydrogen-bond acceptors (Lipinski definition) is 4. The second-order valence-corrected chi connectivity index (χ2v) is 4.99. The van der Waals surface area contributed by atoms with Crippen LogP contribution in [0.1, 0.15) is 10.5 Å². The van der Waals surface area contributed by atoms with E-state index in [2.05, 4.69) is 15.3 Å². The number of nitrogens with zero attached hydrogens (tertiary/aromatic N) is 4. The first kappa shape index (κ1) is 11.7. The fraction of sp³-hybridized carbons (Fsp3) is 0.667. The van der Waals surface area contributed by atoms with Crippen LogP contribution in [0.15, 0.2) is 12.3 Å². The molecule has 2 aliphatic heterocycles. The predicted molar refractivity (Wildman–Crippen MR) is 67.3 cm³/mol. The van der Waals surface area contributed by atoms with Crippen LogP contribution in [0.25, 0.3) is 0 Å². The van der Waals surface area contributed by atoms with Gasteiger partial charge >= 0.3 is 0 Å². The Labute approximate surface area is 107 Å². The standard InChI is InChI=1S/C12H19N5O/c1-15-11(2-3-14-15)12(18)17-8-10(9-17)16-6-4-13-5-7-16/h2-3,10,13H,4-9H2,1H3. The van der Waals surface area contributed by atoms with Gasteiger partial charge in [-0.2, -0.15) is 5.10 Å². The molecule has 1 amide bonds. The highest BCUT2D eigenvalue weighted by atomic mass is 16.2. The first-order chi connectivity index (χ1) is 8.75. The molecule has 6 heteroatoms. The maximum absolute atomic E-state index is 12.2. The van der Waals surface area contributed by atoms with E-state index >= 15 is 0 Å². The Kier molecular flexibility index (Phi) is 3.05. The third kappa shape index (κ3) is 2.02. The molecule has 1 aromatic heterocycles. The van der Waals surface area contributed by atoms with Crippen molar-refractivity contribution in [1.82, 2.24) is 24.9 Å². The minimum absolute atomic E-state index is 0.0985. The van der Waals surface area contributed by atoms with Crippen molar-refractivity contribution in [3.63, 3.8) is 0 Å². The van der Waals surface area contributed by atoms with Gasteiger partial charge in [-0.3, -0.25) is 14.4 Å². The molecular weight excluding hydrogens is 230 g/mol. The molecule has 0 saturated carbocycles. The predicted octanol–water partition coefficient (Wildman–Crippen LogP) is -0.850. The van der Waals surface area contributed by atoms with Crippen molar-refractivity contribution >= 4 is 5.91 Å². The van der Waals surface area contributed by atoms with Crippen molar-refractivity contribution in [2.24, 2.45) is 7.05 Å². The van der Waals surface area contributed by atoms with Gasteiger partial charge in [-0.05, 0) is 6.07 Å². The lowest BCUT2D eigenvalue weighted by atomic mass is 10.1. The molecular formula is C12H19N5O. The number of aryl methyl sites for hydroxylation is 1. The lowest BCUT2D eigenvalue weighted by molar-refractivity contribution is 0.0219. The Balaban J connectivity index is 1.55. The number of aromatic nitrogens is 2. The summed E-state index contributed by atoms with van der Waals surface area (Å²) in [5.41, 5.74) is 0.675. The number of amides is 1. The highest BCUT2D eigenvalue weighted by Gasteiger charge is 2.36. The van der Waals surface area contributed by atoms with Crippen molar-refractivity contribution in [3.05, 3.63) is 18.0 Å². The molecule has 18 heavy (non-hydrogen) atoms. The molecule has 0 atom stereocenters. The first-order valence-corrected chi connectivity index (χ1v) is 6.48. The van der Waals surface area contributed by atoms with Gasteiger partial charge in [0.1, 0.15) is 5.69 Å². The van der Waals surface area contributed by atoms with Crippen molar-refractivity contribution in [2.75, 3.05) is 39.3 Å². The minimum atomic E-state index is 0.0985. The summed E-state index contributed by atoms with van der Waals surface area (Å²) >= 11 is 0. The highest BCUT2D eigenvalue weighted by molar-refractivity contribution is 5.93. The van der Waals surface area contributed by atoms with Crippen LogP contribution in [0.3, 0.4) is 0 Å². The van der Waals surface area contributed by atoms with Crippen molar-refractivity contribution in [1.29, 1.82) is 0 Å². The molecule has 1 N–H and O–H groups in total. The Morgan fingerprint density at radius 2 is 2.11 bits per heavy atom. The number of hydrogen-bond donors (Lipinski definition) is 1. The fourth-order valence-corrected chi connectivity index (χ4v) is 2.65. The van der Waals surface area contributed by atoms with E-state index in [0.29, 0.717) is 11.7 Å². The van der Waals surface area contributed by atoms with E-state index in [1.165, 1.54) is 0 Å². The van der Waals surface area contributed by atoms with Gasteiger partial charge in [-0.15, -0.1) is 0 Å². The zero-order valence-corrected chi connectivity index (χ0v) is 10.7. The van der Waals surface area contributed by atoms with Crippen molar-refractivity contribution in [2.45, 2.75) is 6.04 Å². The summed E-state index contributed by atoms with van der Waals surface area (Å²) < 4.78 is 1.64. The number of piperazine rings is 1. The van der Waals surface area contributed by atoms with Gasteiger partial charge in [0.05, 0.1) is 0 Å². The maximum Gasteiger partial charge on any atom is 0.272 e. The Morgan fingerprint density at radius 3 is 2.72 bits per heavy atom. The van der Waals surface area contributed by atoms with E-state index in [0.717, 1.165) is 39.3 Å². The van der Waals surface area contributed by atoms with E-state index in [1.807, 2.05) is 4.90 Å². The number of likely N-dealkylation sites (tertiary alicyclic amines) is 1. The second kappa shape index (κ2) is 4.70. The van der Waals surface area contributed by atoms with Crippen LogP contribution in [-0.2, 0) is 7.05 Å². The van der Waals surface area contributed by atoms with E-state index in [1.54, 1.807) is 24.0 Å². The molecule has 98 valence electrons. The van der Waals surface area contributed by atoms with Gasteiger partial charge in [0.2, 0.25) is 0 Å². The van der Waals surface area contributed by atoms with Crippen molar-refractivity contribution in [3.8, 4) is 0 Å². The molecule has 0 aromatic carbocycles. The molecule has 0 spiro atoms. The molecule has 1 aromatic rings. The summed E-state index contributed by atoms with van der Waals surface area (Å²) in [7, 11) is 1.81. The molecule has 2 saturated heterocycles. The fourth-order valence-electron chi connectivity index (χ4n) is 2.65.